The number of aliphatic hydroxyl groups is 1. The maximum absolute atomic E-state index is 15.1. The van der Waals surface area contributed by atoms with Crippen LogP contribution in [0.25, 0.3) is 0 Å². The summed E-state index contributed by atoms with van der Waals surface area (Å²) >= 11 is 0. The predicted octanol–water partition coefficient (Wildman–Crippen LogP) is 7.70. The Morgan fingerprint density at radius 2 is 1.73 bits per heavy atom. The molecule has 2 saturated carbocycles. The normalized spacial score (nSPS) is 31.8. The van der Waals surface area contributed by atoms with E-state index in [1.54, 1.807) is 12.3 Å². The first-order valence-corrected chi connectivity index (χ1v) is 14.5. The maximum atomic E-state index is 15.1. The second-order valence-electron chi connectivity index (χ2n) is 12.5. The van der Waals surface area contributed by atoms with Gasteiger partial charge in [-0.25, -0.2) is 0 Å². The van der Waals surface area contributed by atoms with Crippen LogP contribution < -0.4 is 0 Å². The van der Waals surface area contributed by atoms with Crippen molar-refractivity contribution in [3.63, 3.8) is 0 Å². The number of aryl methyl sites for hydroxylation is 2. The number of alkyl halides is 5. The maximum Gasteiger partial charge on any atom is 0.456 e. The minimum absolute atomic E-state index is 0.0102. The van der Waals surface area contributed by atoms with E-state index in [4.69, 9.17) is 0 Å². The van der Waals surface area contributed by atoms with Gasteiger partial charge in [0, 0.05) is 29.6 Å². The lowest BCUT2D eigenvalue weighted by molar-refractivity contribution is -0.362. The van der Waals surface area contributed by atoms with Crippen molar-refractivity contribution in [3.8, 4) is 0 Å². The minimum atomic E-state index is -5.85. The van der Waals surface area contributed by atoms with Crippen molar-refractivity contribution in [3.05, 3.63) is 88.3 Å². The predicted molar refractivity (Wildman–Crippen MR) is 144 cm³/mol. The number of allylic oxidation sites excluding steroid dienone is 4. The third kappa shape index (κ3) is 4.39. The summed E-state index contributed by atoms with van der Waals surface area (Å²) in [6.07, 6.45) is 0.687. The summed E-state index contributed by atoms with van der Waals surface area (Å²) < 4.78 is 71.5. The van der Waals surface area contributed by atoms with Gasteiger partial charge in [0.05, 0.1) is 0 Å². The van der Waals surface area contributed by atoms with Gasteiger partial charge in [0.25, 0.3) is 0 Å². The second kappa shape index (κ2) is 9.85. The largest absolute Gasteiger partial charge is 0.456 e. The minimum Gasteiger partial charge on any atom is -0.383 e. The number of pyridine rings is 1. The lowest BCUT2D eigenvalue weighted by Gasteiger charge is -2.56. The summed E-state index contributed by atoms with van der Waals surface area (Å²) in [6.45, 7) is 1.45. The Hall–Kier alpha value is -2.87. The molecule has 2 aromatic rings. The van der Waals surface area contributed by atoms with Crippen LogP contribution in [-0.4, -0.2) is 33.6 Å². The van der Waals surface area contributed by atoms with Gasteiger partial charge in [0.2, 0.25) is 0 Å². The van der Waals surface area contributed by atoms with E-state index < -0.39 is 41.4 Å². The lowest BCUT2D eigenvalue weighted by atomic mass is 9.50. The molecule has 0 radical (unpaired) electrons. The number of rotatable bonds is 5. The third-order valence-electron chi connectivity index (χ3n) is 10.5. The number of hydrogen-bond acceptors (Lipinski definition) is 3. The number of fused-ring (bicyclic) bond motifs is 4. The average Bonchev–Trinajstić information content (AvgIpc) is 3.23. The number of carbonyl (C=O) groups is 1. The number of carbonyl (C=O) groups excluding carboxylic acids is 1. The molecule has 5 atom stereocenters. The topological polar surface area (TPSA) is 50.2 Å². The van der Waals surface area contributed by atoms with Crippen LogP contribution in [0.1, 0.15) is 74.6 Å². The smallest absolute Gasteiger partial charge is 0.383 e. The highest BCUT2D eigenvalue weighted by Gasteiger charge is 2.79. The van der Waals surface area contributed by atoms with Crippen LogP contribution in [0.2, 0.25) is 0 Å². The zero-order chi connectivity index (χ0) is 29.2. The summed E-state index contributed by atoms with van der Waals surface area (Å²) in [7, 11) is 0. The molecule has 218 valence electrons. The second-order valence-corrected chi connectivity index (χ2v) is 12.5. The van der Waals surface area contributed by atoms with Crippen molar-refractivity contribution in [1.29, 1.82) is 0 Å². The van der Waals surface area contributed by atoms with Gasteiger partial charge >= 0.3 is 12.1 Å². The standard InChI is InChI=1S/C33H34F5NO2/c1-30-19-27(21-8-5-20(6-9-21)7-11-23-4-2-3-17-39-23)29-25-14-12-24(40)18-22(25)10-13-26(29)28(30)15-16-31(30,41)32(34,35)33(36,37)38/h2-6,8-9,17-18,26-28,41H,7,10-16,19H2,1H3/t26?,27-,28?,30+,31+/m1/s1. The van der Waals surface area contributed by atoms with Crippen LogP contribution in [0.15, 0.2) is 71.5 Å². The van der Waals surface area contributed by atoms with Gasteiger partial charge in [-0.3, -0.25) is 9.78 Å². The van der Waals surface area contributed by atoms with E-state index in [9.17, 15) is 23.1 Å². The zero-order valence-electron chi connectivity index (χ0n) is 23.0. The fourth-order valence-corrected chi connectivity index (χ4v) is 8.45. The SMILES string of the molecule is C[C@]12C[C@H](c3ccc(CCc4ccccn4)cc3)C3=C4CCC(=O)C=C4CCC3C1CC[C@@]2(O)C(F)(F)C(F)(F)F. The Morgan fingerprint density at radius 3 is 2.41 bits per heavy atom. The van der Waals surface area contributed by atoms with E-state index in [2.05, 4.69) is 4.98 Å². The summed E-state index contributed by atoms with van der Waals surface area (Å²) in [5.74, 6) is -6.31. The van der Waals surface area contributed by atoms with Crippen LogP contribution in [0.3, 0.4) is 0 Å². The monoisotopic (exact) mass is 571 g/mol. The number of benzene rings is 1. The number of aromatic nitrogens is 1. The van der Waals surface area contributed by atoms with E-state index in [1.807, 2.05) is 42.5 Å². The van der Waals surface area contributed by atoms with Gasteiger partial charge in [-0.05, 0) is 104 Å². The fraction of sp³-hybridized carbons (Fsp3) is 0.515. The highest BCUT2D eigenvalue weighted by molar-refractivity contribution is 5.93. The first-order chi connectivity index (χ1) is 19.4. The van der Waals surface area contributed by atoms with Crippen molar-refractivity contribution >= 4 is 5.78 Å². The van der Waals surface area contributed by atoms with Crippen LogP contribution in [0.4, 0.5) is 22.0 Å². The van der Waals surface area contributed by atoms with Gasteiger partial charge in [-0.15, -0.1) is 0 Å². The van der Waals surface area contributed by atoms with Crippen LogP contribution >= 0.6 is 0 Å². The molecule has 2 unspecified atom stereocenters. The van der Waals surface area contributed by atoms with Crippen LogP contribution in [0.5, 0.6) is 0 Å². The van der Waals surface area contributed by atoms with E-state index in [0.29, 0.717) is 25.7 Å². The molecule has 4 aliphatic rings. The molecule has 0 spiro atoms. The van der Waals surface area contributed by atoms with Crippen LogP contribution in [-0.2, 0) is 17.6 Å². The van der Waals surface area contributed by atoms with Gasteiger partial charge in [0.1, 0.15) is 5.60 Å². The molecule has 2 fully saturated rings. The van der Waals surface area contributed by atoms with E-state index in [0.717, 1.165) is 46.4 Å². The first-order valence-electron chi connectivity index (χ1n) is 14.5. The number of hydrogen-bond donors (Lipinski definition) is 1. The van der Waals surface area contributed by atoms with E-state index >= 15 is 8.78 Å². The number of nitrogens with zero attached hydrogens (tertiary/aromatic N) is 1. The molecule has 4 aliphatic carbocycles. The Balaban J connectivity index is 1.41. The van der Waals surface area contributed by atoms with Crippen molar-refractivity contribution in [2.45, 2.75) is 88.3 Å². The van der Waals surface area contributed by atoms with Gasteiger partial charge in [-0.1, -0.05) is 42.8 Å². The van der Waals surface area contributed by atoms with E-state index in [-0.39, 0.29) is 24.5 Å². The molecule has 1 aromatic heterocycles. The van der Waals surface area contributed by atoms with Crippen molar-refractivity contribution in [2.75, 3.05) is 0 Å². The quantitative estimate of drug-likeness (QED) is 0.374. The summed E-state index contributed by atoms with van der Waals surface area (Å²) in [6, 6.07) is 13.6. The molecule has 8 heteroatoms. The van der Waals surface area contributed by atoms with Crippen molar-refractivity contribution in [2.24, 2.45) is 17.3 Å². The highest BCUT2D eigenvalue weighted by Crippen LogP contribution is 2.70. The molecule has 0 amide bonds. The average molecular weight is 572 g/mol. The molecule has 0 bridgehead atoms. The molecule has 1 heterocycles. The lowest BCUT2D eigenvalue weighted by Crippen LogP contribution is -2.65. The Labute approximate surface area is 236 Å². The third-order valence-corrected chi connectivity index (χ3v) is 10.5. The summed E-state index contributed by atoms with van der Waals surface area (Å²) in [5, 5.41) is 11.4. The fourth-order valence-electron chi connectivity index (χ4n) is 8.45. The van der Waals surface area contributed by atoms with Gasteiger partial charge in [-0.2, -0.15) is 22.0 Å². The molecule has 6 rings (SSSR count). The van der Waals surface area contributed by atoms with Crippen molar-refractivity contribution in [1.82, 2.24) is 4.98 Å². The molecule has 0 aliphatic heterocycles. The van der Waals surface area contributed by atoms with Crippen molar-refractivity contribution < 1.29 is 31.9 Å². The molecule has 1 aromatic carbocycles. The van der Waals surface area contributed by atoms with Gasteiger partial charge < -0.3 is 5.11 Å². The molecular weight excluding hydrogens is 537 g/mol. The zero-order valence-corrected chi connectivity index (χ0v) is 23.0. The molecule has 3 nitrogen and oxygen atoms in total. The molecule has 41 heavy (non-hydrogen) atoms. The molecule has 1 N–H and O–H groups in total. The van der Waals surface area contributed by atoms with Gasteiger partial charge in [0.15, 0.2) is 5.78 Å². The summed E-state index contributed by atoms with van der Waals surface area (Å²) in [4.78, 5) is 16.6. The Bertz CT molecular complexity index is 1400. The highest BCUT2D eigenvalue weighted by atomic mass is 19.4. The molecule has 0 saturated heterocycles. The number of halogens is 5. The first kappa shape index (κ1) is 28.3. The number of ketones is 1. The summed E-state index contributed by atoms with van der Waals surface area (Å²) in [5.41, 5.74) is 1.18. The van der Waals surface area contributed by atoms with Crippen LogP contribution in [0, 0.1) is 17.3 Å². The Morgan fingerprint density at radius 1 is 0.976 bits per heavy atom. The Kier molecular flexibility index (Phi) is 6.79. The van der Waals surface area contributed by atoms with E-state index in [1.165, 1.54) is 6.92 Å². The molecular formula is C33H34F5NO2.